The van der Waals surface area contributed by atoms with Crippen LogP contribution in [-0.4, -0.2) is 11.7 Å². The summed E-state index contributed by atoms with van der Waals surface area (Å²) in [4.78, 5) is 1.23. The van der Waals surface area contributed by atoms with E-state index in [0.29, 0.717) is 12.3 Å². The summed E-state index contributed by atoms with van der Waals surface area (Å²) < 4.78 is 6.21. The zero-order chi connectivity index (χ0) is 11.4. The SMILES string of the molecule is OC(CNCc1cc(Br)cs1)c1ccco1. The van der Waals surface area contributed by atoms with Gasteiger partial charge < -0.3 is 14.8 Å². The molecule has 2 rings (SSSR count). The summed E-state index contributed by atoms with van der Waals surface area (Å²) in [6.07, 6.45) is 0.980. The molecule has 16 heavy (non-hydrogen) atoms. The Morgan fingerprint density at radius 3 is 3.06 bits per heavy atom. The number of furan rings is 1. The molecule has 5 heteroatoms. The molecule has 0 aliphatic rings. The van der Waals surface area contributed by atoms with E-state index in [1.807, 2.05) is 5.38 Å². The van der Waals surface area contributed by atoms with E-state index in [-0.39, 0.29) is 0 Å². The molecule has 0 aliphatic heterocycles. The van der Waals surface area contributed by atoms with Gasteiger partial charge in [0.25, 0.3) is 0 Å². The van der Waals surface area contributed by atoms with E-state index in [4.69, 9.17) is 4.42 Å². The fraction of sp³-hybridized carbons (Fsp3) is 0.273. The van der Waals surface area contributed by atoms with Crippen molar-refractivity contribution in [3.8, 4) is 0 Å². The summed E-state index contributed by atoms with van der Waals surface area (Å²) in [6.45, 7) is 1.25. The van der Waals surface area contributed by atoms with Gasteiger partial charge in [-0.3, -0.25) is 0 Å². The summed E-state index contributed by atoms with van der Waals surface area (Å²) in [7, 11) is 0. The lowest BCUT2D eigenvalue weighted by molar-refractivity contribution is 0.147. The second-order valence-electron chi connectivity index (χ2n) is 3.39. The highest BCUT2D eigenvalue weighted by Gasteiger charge is 2.09. The van der Waals surface area contributed by atoms with Gasteiger partial charge in [-0.2, -0.15) is 0 Å². The molecule has 1 atom stereocenters. The van der Waals surface area contributed by atoms with E-state index >= 15 is 0 Å². The zero-order valence-corrected chi connectivity index (χ0v) is 10.9. The molecule has 0 saturated heterocycles. The minimum atomic E-state index is -0.585. The van der Waals surface area contributed by atoms with Crippen molar-refractivity contribution in [3.05, 3.63) is 45.0 Å². The summed E-state index contributed by atoms with van der Waals surface area (Å²) >= 11 is 5.09. The first kappa shape index (κ1) is 11.9. The third-order valence-electron chi connectivity index (χ3n) is 2.13. The van der Waals surface area contributed by atoms with Crippen molar-refractivity contribution in [1.29, 1.82) is 0 Å². The maximum atomic E-state index is 9.73. The highest BCUT2D eigenvalue weighted by molar-refractivity contribution is 9.10. The Morgan fingerprint density at radius 1 is 1.56 bits per heavy atom. The quantitative estimate of drug-likeness (QED) is 0.892. The van der Waals surface area contributed by atoms with Crippen molar-refractivity contribution in [1.82, 2.24) is 5.32 Å². The molecule has 0 amide bonds. The number of halogens is 1. The first-order valence-corrected chi connectivity index (χ1v) is 6.58. The second-order valence-corrected chi connectivity index (χ2v) is 5.30. The first-order valence-electron chi connectivity index (χ1n) is 4.91. The van der Waals surface area contributed by atoms with Gasteiger partial charge in [-0.05, 0) is 34.1 Å². The number of aliphatic hydroxyl groups is 1. The van der Waals surface area contributed by atoms with Crippen LogP contribution in [0, 0.1) is 0 Å². The van der Waals surface area contributed by atoms with E-state index < -0.39 is 6.10 Å². The Morgan fingerprint density at radius 2 is 2.44 bits per heavy atom. The molecule has 0 fully saturated rings. The Kier molecular flexibility index (Phi) is 4.17. The number of thiophene rings is 1. The van der Waals surface area contributed by atoms with Gasteiger partial charge in [0.1, 0.15) is 11.9 Å². The fourth-order valence-corrected chi connectivity index (χ4v) is 2.78. The van der Waals surface area contributed by atoms with Crippen molar-refractivity contribution in [2.75, 3.05) is 6.54 Å². The monoisotopic (exact) mass is 301 g/mol. The van der Waals surface area contributed by atoms with E-state index in [2.05, 4.69) is 27.3 Å². The lowest BCUT2D eigenvalue weighted by Crippen LogP contribution is -2.20. The van der Waals surface area contributed by atoms with Crippen molar-refractivity contribution in [2.45, 2.75) is 12.6 Å². The van der Waals surface area contributed by atoms with E-state index in [1.165, 1.54) is 4.88 Å². The van der Waals surface area contributed by atoms with Gasteiger partial charge in [-0.1, -0.05) is 0 Å². The summed E-state index contributed by atoms with van der Waals surface area (Å²) in [5.74, 6) is 0.597. The van der Waals surface area contributed by atoms with Gasteiger partial charge in [-0.25, -0.2) is 0 Å². The molecule has 0 aliphatic carbocycles. The lowest BCUT2D eigenvalue weighted by atomic mass is 10.3. The highest BCUT2D eigenvalue weighted by Crippen LogP contribution is 2.19. The van der Waals surface area contributed by atoms with Crippen LogP contribution in [0.3, 0.4) is 0 Å². The largest absolute Gasteiger partial charge is 0.467 e. The topological polar surface area (TPSA) is 45.4 Å². The Hall–Kier alpha value is -0.620. The van der Waals surface area contributed by atoms with Gasteiger partial charge in [0.2, 0.25) is 0 Å². The summed E-state index contributed by atoms with van der Waals surface area (Å²) in [5.41, 5.74) is 0. The second kappa shape index (κ2) is 5.63. The first-order chi connectivity index (χ1) is 7.75. The Balaban J connectivity index is 1.76. The molecule has 2 aromatic heterocycles. The number of rotatable bonds is 5. The fourth-order valence-electron chi connectivity index (χ4n) is 1.36. The number of aliphatic hydroxyl groups excluding tert-OH is 1. The maximum Gasteiger partial charge on any atom is 0.133 e. The summed E-state index contributed by atoms with van der Waals surface area (Å²) in [6, 6.07) is 5.61. The van der Waals surface area contributed by atoms with Crippen LogP contribution in [0.2, 0.25) is 0 Å². The molecule has 0 radical (unpaired) electrons. The number of nitrogens with one attached hydrogen (secondary N) is 1. The number of hydrogen-bond acceptors (Lipinski definition) is 4. The smallest absolute Gasteiger partial charge is 0.133 e. The van der Waals surface area contributed by atoms with Crippen molar-refractivity contribution in [2.24, 2.45) is 0 Å². The van der Waals surface area contributed by atoms with Gasteiger partial charge in [-0.15, -0.1) is 11.3 Å². The molecule has 1 unspecified atom stereocenters. The predicted molar refractivity (Wildman–Crippen MR) is 67.4 cm³/mol. The molecule has 0 bridgehead atoms. The predicted octanol–water partition coefficient (Wildman–Crippen LogP) is 2.93. The minimum absolute atomic E-state index is 0.489. The Labute approximate surface area is 106 Å². The van der Waals surface area contributed by atoms with Crippen molar-refractivity contribution >= 4 is 27.3 Å². The molecule has 86 valence electrons. The van der Waals surface area contributed by atoms with Gasteiger partial charge >= 0.3 is 0 Å². The van der Waals surface area contributed by atoms with Crippen molar-refractivity contribution < 1.29 is 9.52 Å². The van der Waals surface area contributed by atoms with E-state index in [9.17, 15) is 5.11 Å². The third-order valence-corrected chi connectivity index (χ3v) is 3.83. The normalized spacial score (nSPS) is 12.9. The van der Waals surface area contributed by atoms with Gasteiger partial charge in [0.05, 0.1) is 6.26 Å². The van der Waals surface area contributed by atoms with Crippen LogP contribution < -0.4 is 5.32 Å². The molecule has 0 saturated carbocycles. The Bertz CT molecular complexity index is 427. The van der Waals surface area contributed by atoms with Crippen LogP contribution in [0.15, 0.2) is 38.7 Å². The van der Waals surface area contributed by atoms with E-state index in [0.717, 1.165) is 11.0 Å². The molecule has 0 aromatic carbocycles. The molecular weight excluding hydrogens is 290 g/mol. The molecule has 2 N–H and O–H groups in total. The minimum Gasteiger partial charge on any atom is -0.467 e. The average molecular weight is 302 g/mol. The lowest BCUT2D eigenvalue weighted by Gasteiger charge is -2.08. The third kappa shape index (κ3) is 3.18. The average Bonchev–Trinajstić information content (AvgIpc) is 2.89. The molecule has 2 aromatic rings. The van der Waals surface area contributed by atoms with Crippen LogP contribution in [0.25, 0.3) is 0 Å². The zero-order valence-electron chi connectivity index (χ0n) is 8.52. The highest BCUT2D eigenvalue weighted by atomic mass is 79.9. The molecule has 0 spiro atoms. The molecule has 3 nitrogen and oxygen atoms in total. The van der Waals surface area contributed by atoms with Crippen LogP contribution >= 0.6 is 27.3 Å². The molecule has 2 heterocycles. The van der Waals surface area contributed by atoms with Crippen LogP contribution in [0.5, 0.6) is 0 Å². The van der Waals surface area contributed by atoms with Gasteiger partial charge in [0, 0.05) is 27.8 Å². The standard InChI is InChI=1S/C11H12BrNO2S/c12-8-4-9(16-7-8)5-13-6-10(14)11-2-1-3-15-11/h1-4,7,10,13-14H,5-6H2. The summed E-state index contributed by atoms with van der Waals surface area (Å²) in [5, 5.41) is 15.0. The number of hydrogen-bond donors (Lipinski definition) is 2. The van der Waals surface area contributed by atoms with Crippen LogP contribution in [0.4, 0.5) is 0 Å². The van der Waals surface area contributed by atoms with Crippen LogP contribution in [0.1, 0.15) is 16.7 Å². The van der Waals surface area contributed by atoms with E-state index in [1.54, 1.807) is 29.7 Å². The molecular formula is C11H12BrNO2S. The maximum absolute atomic E-state index is 9.73. The van der Waals surface area contributed by atoms with Crippen molar-refractivity contribution in [3.63, 3.8) is 0 Å². The van der Waals surface area contributed by atoms with Crippen LogP contribution in [-0.2, 0) is 6.54 Å². The van der Waals surface area contributed by atoms with Gasteiger partial charge in [0.15, 0.2) is 0 Å².